The van der Waals surface area contributed by atoms with E-state index in [-0.39, 0.29) is 0 Å². The Morgan fingerprint density at radius 2 is 1.89 bits per heavy atom. The van der Waals surface area contributed by atoms with Crippen LogP contribution in [0.4, 0.5) is 0 Å². The number of carboxylic acids is 1. The number of likely N-dealkylation sites (N-methyl/N-ethyl adjacent to an activating group) is 1. The minimum atomic E-state index is -0.830. The van der Waals surface area contributed by atoms with Crippen LogP contribution >= 0.6 is 0 Å². The highest BCUT2D eigenvalue weighted by Gasteiger charge is 2.13. The minimum Gasteiger partial charge on any atom is -0.480 e. The van der Waals surface area contributed by atoms with Gasteiger partial charge in [0, 0.05) is 13.1 Å². The molecule has 0 amide bonds. The second-order valence-corrected chi connectivity index (χ2v) is 4.38. The number of carboxylic acid groups (broad SMARTS) is 1. The smallest absolute Gasteiger partial charge is 0.322 e. The van der Waals surface area contributed by atoms with Gasteiger partial charge in [0.15, 0.2) is 0 Å². The highest BCUT2D eigenvalue weighted by atomic mass is 16.4. The van der Waals surface area contributed by atoms with Gasteiger partial charge in [0.1, 0.15) is 6.04 Å². The summed E-state index contributed by atoms with van der Waals surface area (Å²) in [7, 11) is 1.65. The summed E-state index contributed by atoms with van der Waals surface area (Å²) >= 11 is 0. The topological polar surface area (TPSA) is 61.4 Å². The van der Waals surface area contributed by atoms with E-state index in [1.807, 2.05) is 0 Å². The number of aryl methyl sites for hydroxylation is 1. The standard InChI is InChI=1S/C14H22N2O2/c1-3-4-11-5-7-12(8-6-11)9-16-10-13(15-2)14(17)18/h5-8,13,15-16H,3-4,9-10H2,1-2H3,(H,17,18). The lowest BCUT2D eigenvalue weighted by atomic mass is 10.1. The molecule has 100 valence electrons. The molecule has 0 aliphatic rings. The Labute approximate surface area is 108 Å². The van der Waals surface area contributed by atoms with E-state index in [0.717, 1.165) is 12.8 Å². The molecule has 4 heteroatoms. The molecule has 0 heterocycles. The first-order valence-electron chi connectivity index (χ1n) is 6.36. The molecule has 0 aromatic heterocycles. The van der Waals surface area contributed by atoms with Crippen molar-refractivity contribution in [2.45, 2.75) is 32.4 Å². The van der Waals surface area contributed by atoms with E-state index in [0.29, 0.717) is 13.1 Å². The number of rotatable bonds is 8. The lowest BCUT2D eigenvalue weighted by molar-refractivity contribution is -0.139. The molecule has 4 nitrogen and oxygen atoms in total. The van der Waals surface area contributed by atoms with E-state index in [4.69, 9.17) is 5.11 Å². The molecule has 18 heavy (non-hydrogen) atoms. The Balaban J connectivity index is 2.37. The van der Waals surface area contributed by atoms with Crippen molar-refractivity contribution in [2.75, 3.05) is 13.6 Å². The first kappa shape index (κ1) is 14.7. The Kier molecular flexibility index (Phi) is 6.39. The average Bonchev–Trinajstić information content (AvgIpc) is 2.36. The quantitative estimate of drug-likeness (QED) is 0.652. The van der Waals surface area contributed by atoms with Crippen LogP contribution in [0.15, 0.2) is 24.3 Å². The molecule has 1 rings (SSSR count). The van der Waals surface area contributed by atoms with Crippen LogP contribution < -0.4 is 10.6 Å². The summed E-state index contributed by atoms with van der Waals surface area (Å²) in [4.78, 5) is 10.8. The molecule has 0 radical (unpaired) electrons. The van der Waals surface area contributed by atoms with E-state index in [9.17, 15) is 4.79 Å². The van der Waals surface area contributed by atoms with Gasteiger partial charge in [-0.1, -0.05) is 37.6 Å². The molecule has 3 N–H and O–H groups in total. The largest absolute Gasteiger partial charge is 0.480 e. The van der Waals surface area contributed by atoms with Gasteiger partial charge in [-0.15, -0.1) is 0 Å². The van der Waals surface area contributed by atoms with Gasteiger partial charge in [0.05, 0.1) is 0 Å². The molecular weight excluding hydrogens is 228 g/mol. The normalized spacial score (nSPS) is 12.3. The van der Waals surface area contributed by atoms with Crippen LogP contribution in [-0.4, -0.2) is 30.7 Å². The molecule has 0 aliphatic carbocycles. The Hall–Kier alpha value is -1.39. The van der Waals surface area contributed by atoms with E-state index in [1.165, 1.54) is 11.1 Å². The Bertz CT molecular complexity index is 363. The summed E-state index contributed by atoms with van der Waals surface area (Å²) in [5.41, 5.74) is 2.52. The summed E-state index contributed by atoms with van der Waals surface area (Å²) in [6, 6.07) is 7.91. The number of hydrogen-bond acceptors (Lipinski definition) is 3. The van der Waals surface area contributed by atoms with Crippen molar-refractivity contribution in [3.8, 4) is 0 Å². The van der Waals surface area contributed by atoms with Gasteiger partial charge in [0.25, 0.3) is 0 Å². The lowest BCUT2D eigenvalue weighted by Gasteiger charge is -2.12. The first-order chi connectivity index (χ1) is 8.67. The molecule has 1 aromatic rings. The minimum absolute atomic E-state index is 0.419. The zero-order chi connectivity index (χ0) is 13.4. The zero-order valence-corrected chi connectivity index (χ0v) is 11.1. The van der Waals surface area contributed by atoms with E-state index < -0.39 is 12.0 Å². The molecule has 0 saturated heterocycles. The second-order valence-electron chi connectivity index (χ2n) is 4.38. The summed E-state index contributed by atoms with van der Waals surface area (Å²) in [5.74, 6) is -0.830. The fourth-order valence-electron chi connectivity index (χ4n) is 1.79. The number of hydrogen-bond donors (Lipinski definition) is 3. The van der Waals surface area contributed by atoms with Crippen LogP contribution in [0.1, 0.15) is 24.5 Å². The number of benzene rings is 1. The van der Waals surface area contributed by atoms with Crippen LogP contribution in [0, 0.1) is 0 Å². The van der Waals surface area contributed by atoms with Crippen molar-refractivity contribution in [1.29, 1.82) is 0 Å². The van der Waals surface area contributed by atoms with Gasteiger partial charge < -0.3 is 15.7 Å². The highest BCUT2D eigenvalue weighted by molar-refractivity contribution is 5.73. The molecule has 0 aliphatic heterocycles. The fraction of sp³-hybridized carbons (Fsp3) is 0.500. The maximum absolute atomic E-state index is 10.8. The molecule has 1 unspecified atom stereocenters. The third-order valence-corrected chi connectivity index (χ3v) is 2.89. The van der Waals surface area contributed by atoms with Crippen molar-refractivity contribution in [2.24, 2.45) is 0 Å². The zero-order valence-electron chi connectivity index (χ0n) is 11.1. The van der Waals surface area contributed by atoms with Gasteiger partial charge in [-0.3, -0.25) is 4.79 Å². The van der Waals surface area contributed by atoms with Crippen molar-refractivity contribution in [1.82, 2.24) is 10.6 Å². The summed E-state index contributed by atoms with van der Waals surface area (Å²) in [6.07, 6.45) is 2.26. The first-order valence-corrected chi connectivity index (χ1v) is 6.36. The summed E-state index contributed by atoms with van der Waals surface area (Å²) < 4.78 is 0. The molecule has 0 saturated carbocycles. The fourth-order valence-corrected chi connectivity index (χ4v) is 1.79. The summed E-state index contributed by atoms with van der Waals surface area (Å²) in [6.45, 7) is 3.28. The predicted molar refractivity (Wildman–Crippen MR) is 72.6 cm³/mol. The van der Waals surface area contributed by atoms with E-state index >= 15 is 0 Å². The lowest BCUT2D eigenvalue weighted by Crippen LogP contribution is -2.42. The highest BCUT2D eigenvalue weighted by Crippen LogP contribution is 2.06. The summed E-state index contributed by atoms with van der Waals surface area (Å²) in [5, 5.41) is 14.8. The van der Waals surface area contributed by atoms with Crippen LogP contribution in [0.5, 0.6) is 0 Å². The van der Waals surface area contributed by atoms with Crippen LogP contribution in [0.3, 0.4) is 0 Å². The molecular formula is C14H22N2O2. The van der Waals surface area contributed by atoms with E-state index in [2.05, 4.69) is 41.8 Å². The molecule has 1 atom stereocenters. The van der Waals surface area contributed by atoms with Gasteiger partial charge in [-0.2, -0.15) is 0 Å². The van der Waals surface area contributed by atoms with Crippen molar-refractivity contribution in [3.05, 3.63) is 35.4 Å². The SMILES string of the molecule is CCCc1ccc(CNCC(NC)C(=O)O)cc1. The maximum atomic E-state index is 10.8. The molecule has 0 fully saturated rings. The second kappa shape index (κ2) is 7.84. The molecule has 0 bridgehead atoms. The Morgan fingerprint density at radius 3 is 2.39 bits per heavy atom. The predicted octanol–water partition coefficient (Wildman–Crippen LogP) is 1.40. The monoisotopic (exact) mass is 250 g/mol. The van der Waals surface area contributed by atoms with Gasteiger partial charge in [-0.25, -0.2) is 0 Å². The molecule has 0 spiro atoms. The van der Waals surface area contributed by atoms with Gasteiger partial charge in [0.2, 0.25) is 0 Å². The Morgan fingerprint density at radius 1 is 1.28 bits per heavy atom. The number of nitrogens with one attached hydrogen (secondary N) is 2. The van der Waals surface area contributed by atoms with Crippen molar-refractivity contribution >= 4 is 5.97 Å². The average molecular weight is 250 g/mol. The van der Waals surface area contributed by atoms with Gasteiger partial charge in [-0.05, 0) is 24.6 Å². The maximum Gasteiger partial charge on any atom is 0.322 e. The van der Waals surface area contributed by atoms with Gasteiger partial charge >= 0.3 is 5.97 Å². The number of aliphatic carboxylic acids is 1. The van der Waals surface area contributed by atoms with Crippen LogP contribution in [0.2, 0.25) is 0 Å². The number of carbonyl (C=O) groups is 1. The third kappa shape index (κ3) is 4.85. The van der Waals surface area contributed by atoms with Crippen LogP contribution in [0.25, 0.3) is 0 Å². The van der Waals surface area contributed by atoms with Crippen molar-refractivity contribution < 1.29 is 9.90 Å². The van der Waals surface area contributed by atoms with E-state index in [1.54, 1.807) is 7.05 Å². The van der Waals surface area contributed by atoms with Crippen LogP contribution in [-0.2, 0) is 17.8 Å². The molecule has 1 aromatic carbocycles. The third-order valence-electron chi connectivity index (χ3n) is 2.89. The van der Waals surface area contributed by atoms with Crippen molar-refractivity contribution in [3.63, 3.8) is 0 Å².